The molecule has 2 N–H and O–H groups in total. The minimum atomic E-state index is -0.539. The number of hydrogen-bond donors (Lipinski definition) is 2. The maximum Gasteiger partial charge on any atom is 0.270 e. The second-order valence-corrected chi connectivity index (χ2v) is 5.06. The van der Waals surface area contributed by atoms with Crippen molar-refractivity contribution in [2.45, 2.75) is 0 Å². The number of carbonyl (C=O) groups excluding carboxylic acids is 2. The van der Waals surface area contributed by atoms with Gasteiger partial charge in [-0.3, -0.25) is 19.7 Å². The molecule has 0 atom stereocenters. The molecule has 0 unspecified atom stereocenters. The van der Waals surface area contributed by atoms with Gasteiger partial charge in [0.15, 0.2) is 0 Å². The van der Waals surface area contributed by atoms with Gasteiger partial charge in [-0.05, 0) is 18.2 Å². The lowest BCUT2D eigenvalue weighted by Gasteiger charge is -2.05. The number of non-ortho nitro benzene ring substituents is 1. The van der Waals surface area contributed by atoms with Gasteiger partial charge in [0.2, 0.25) is 0 Å². The highest BCUT2D eigenvalue weighted by Crippen LogP contribution is 2.12. The predicted octanol–water partition coefficient (Wildman–Crippen LogP) is 1.48. The van der Waals surface area contributed by atoms with E-state index >= 15 is 0 Å². The van der Waals surface area contributed by atoms with Gasteiger partial charge >= 0.3 is 0 Å². The Morgan fingerprint density at radius 1 is 1.23 bits per heavy atom. The molecule has 0 aliphatic rings. The smallest absolute Gasteiger partial charge is 0.270 e. The molecule has 0 aliphatic heterocycles. The Hall–Kier alpha value is -3.75. The number of benzene rings is 2. The number of nitro benzene ring substituents is 1. The summed E-state index contributed by atoms with van der Waals surface area (Å²) in [6.07, 6.45) is 1.27. The van der Waals surface area contributed by atoms with Gasteiger partial charge in [-0.25, -0.2) is 5.43 Å². The Morgan fingerprint density at radius 3 is 2.73 bits per heavy atom. The fourth-order valence-electron chi connectivity index (χ4n) is 1.96. The molecule has 26 heavy (non-hydrogen) atoms. The first-order valence-electron chi connectivity index (χ1n) is 7.48. The lowest BCUT2D eigenvalue weighted by molar-refractivity contribution is -0.384. The molecule has 0 fully saturated rings. The number of nitro groups is 1. The molecular weight excluding hydrogens is 340 g/mol. The Morgan fingerprint density at radius 2 is 2.00 bits per heavy atom. The van der Waals surface area contributed by atoms with Crippen molar-refractivity contribution in [2.24, 2.45) is 5.10 Å². The summed E-state index contributed by atoms with van der Waals surface area (Å²) < 4.78 is 5.03. The zero-order valence-electron chi connectivity index (χ0n) is 13.8. The zero-order chi connectivity index (χ0) is 18.9. The Labute approximate surface area is 148 Å². The van der Waals surface area contributed by atoms with Gasteiger partial charge in [0.25, 0.3) is 17.5 Å². The van der Waals surface area contributed by atoms with E-state index in [0.29, 0.717) is 16.9 Å². The van der Waals surface area contributed by atoms with Gasteiger partial charge in [0.1, 0.15) is 5.75 Å². The summed E-state index contributed by atoms with van der Waals surface area (Å²) in [7, 11) is 1.49. The number of ether oxygens (including phenoxy) is 1. The minimum absolute atomic E-state index is 0.0779. The highest BCUT2D eigenvalue weighted by Gasteiger charge is 2.08. The number of nitrogens with one attached hydrogen (secondary N) is 2. The zero-order valence-corrected chi connectivity index (χ0v) is 13.8. The first-order valence-corrected chi connectivity index (χ1v) is 7.48. The van der Waals surface area contributed by atoms with Crippen molar-refractivity contribution >= 4 is 23.7 Å². The summed E-state index contributed by atoms with van der Waals surface area (Å²) in [6.45, 7) is -0.275. The lowest BCUT2D eigenvalue weighted by Crippen LogP contribution is -2.34. The maximum absolute atomic E-state index is 12.0. The fraction of sp³-hybridized carbons (Fsp3) is 0.118. The van der Waals surface area contributed by atoms with Crippen molar-refractivity contribution in [2.75, 3.05) is 13.7 Å². The normalized spacial score (nSPS) is 10.3. The van der Waals surface area contributed by atoms with Gasteiger partial charge < -0.3 is 10.1 Å². The second kappa shape index (κ2) is 8.92. The van der Waals surface area contributed by atoms with Crippen LogP contribution in [-0.4, -0.2) is 36.6 Å². The molecule has 9 nitrogen and oxygen atoms in total. The average molecular weight is 356 g/mol. The van der Waals surface area contributed by atoms with Gasteiger partial charge in [0.05, 0.1) is 24.8 Å². The van der Waals surface area contributed by atoms with Crippen LogP contribution >= 0.6 is 0 Å². The van der Waals surface area contributed by atoms with Crippen molar-refractivity contribution in [1.82, 2.24) is 10.7 Å². The first kappa shape index (κ1) is 18.6. The van der Waals surface area contributed by atoms with Crippen LogP contribution in [-0.2, 0) is 4.79 Å². The van der Waals surface area contributed by atoms with E-state index in [0.717, 1.165) is 0 Å². The molecule has 2 rings (SSSR count). The maximum atomic E-state index is 12.0. The number of methoxy groups -OCH3 is 1. The number of carbonyl (C=O) groups is 2. The van der Waals surface area contributed by atoms with Gasteiger partial charge in [-0.1, -0.05) is 18.2 Å². The van der Waals surface area contributed by atoms with Crippen LogP contribution in [0.1, 0.15) is 15.9 Å². The Bertz CT molecular complexity index is 851. The van der Waals surface area contributed by atoms with Crippen LogP contribution in [0.3, 0.4) is 0 Å². The standard InChI is InChI=1S/C17H16N4O5/c1-26-15-7-3-5-13(9-15)17(23)18-11-16(22)20-19-10-12-4-2-6-14(8-12)21(24)25/h2-10H,11H2,1H3,(H,18,23)(H,20,22)/b19-10-. The number of hydrogen-bond acceptors (Lipinski definition) is 6. The highest BCUT2D eigenvalue weighted by molar-refractivity contribution is 5.96. The summed E-state index contributed by atoms with van der Waals surface area (Å²) in [5, 5.41) is 16.8. The van der Waals surface area contributed by atoms with E-state index in [9.17, 15) is 19.7 Å². The van der Waals surface area contributed by atoms with Crippen molar-refractivity contribution < 1.29 is 19.2 Å². The average Bonchev–Trinajstić information content (AvgIpc) is 2.66. The number of rotatable bonds is 7. The third-order valence-corrected chi connectivity index (χ3v) is 3.23. The predicted molar refractivity (Wildman–Crippen MR) is 94.2 cm³/mol. The van der Waals surface area contributed by atoms with E-state index in [2.05, 4.69) is 15.8 Å². The van der Waals surface area contributed by atoms with Crippen molar-refractivity contribution in [3.05, 3.63) is 69.8 Å². The van der Waals surface area contributed by atoms with Crippen molar-refractivity contribution in [3.8, 4) is 5.75 Å². The first-order chi connectivity index (χ1) is 12.5. The Kier molecular flexibility index (Phi) is 6.38. The molecule has 134 valence electrons. The van der Waals surface area contributed by atoms with Crippen molar-refractivity contribution in [1.29, 1.82) is 0 Å². The van der Waals surface area contributed by atoms with Crippen LogP contribution in [0.2, 0.25) is 0 Å². The molecule has 0 saturated carbocycles. The molecule has 0 radical (unpaired) electrons. The molecule has 0 aromatic heterocycles. The second-order valence-electron chi connectivity index (χ2n) is 5.06. The lowest BCUT2D eigenvalue weighted by atomic mass is 10.2. The summed E-state index contributed by atoms with van der Waals surface area (Å²) in [5.41, 5.74) is 2.97. The van der Waals surface area contributed by atoms with E-state index < -0.39 is 16.7 Å². The molecule has 9 heteroatoms. The Balaban J connectivity index is 1.84. The molecule has 2 aromatic carbocycles. The third-order valence-electron chi connectivity index (χ3n) is 3.23. The van der Waals surface area contributed by atoms with Crippen LogP contribution in [0.25, 0.3) is 0 Å². The monoisotopic (exact) mass is 356 g/mol. The molecule has 0 bridgehead atoms. The molecule has 0 aliphatic carbocycles. The minimum Gasteiger partial charge on any atom is -0.497 e. The van der Waals surface area contributed by atoms with Crippen LogP contribution in [0.5, 0.6) is 5.75 Å². The molecule has 0 heterocycles. The number of amides is 2. The van der Waals surface area contributed by atoms with E-state index in [4.69, 9.17) is 4.74 Å². The van der Waals surface area contributed by atoms with E-state index in [1.165, 1.54) is 31.5 Å². The third kappa shape index (κ3) is 5.41. The van der Waals surface area contributed by atoms with E-state index in [1.54, 1.807) is 30.3 Å². The molecular formula is C17H16N4O5. The number of nitrogens with zero attached hydrogens (tertiary/aromatic N) is 2. The summed E-state index contributed by atoms with van der Waals surface area (Å²) in [4.78, 5) is 33.8. The highest BCUT2D eigenvalue weighted by atomic mass is 16.6. The van der Waals surface area contributed by atoms with Crippen LogP contribution < -0.4 is 15.5 Å². The summed E-state index contributed by atoms with van der Waals surface area (Å²) in [5.74, 6) is -0.437. The molecule has 0 saturated heterocycles. The summed E-state index contributed by atoms with van der Waals surface area (Å²) in [6, 6.07) is 12.3. The molecule has 0 spiro atoms. The van der Waals surface area contributed by atoms with Crippen LogP contribution in [0.15, 0.2) is 53.6 Å². The van der Waals surface area contributed by atoms with Crippen LogP contribution in [0, 0.1) is 10.1 Å². The van der Waals surface area contributed by atoms with Gasteiger partial charge in [0, 0.05) is 23.3 Å². The largest absolute Gasteiger partial charge is 0.497 e. The fourth-order valence-corrected chi connectivity index (χ4v) is 1.96. The number of hydrazone groups is 1. The SMILES string of the molecule is COc1cccc(C(=O)NCC(=O)N/N=C\c2cccc([N+](=O)[O-])c2)c1. The summed E-state index contributed by atoms with van der Waals surface area (Å²) >= 11 is 0. The van der Waals surface area contributed by atoms with Gasteiger partial charge in [-0.15, -0.1) is 0 Å². The topological polar surface area (TPSA) is 123 Å². The van der Waals surface area contributed by atoms with Crippen molar-refractivity contribution in [3.63, 3.8) is 0 Å². The van der Waals surface area contributed by atoms with Gasteiger partial charge in [-0.2, -0.15) is 5.10 Å². The quantitative estimate of drug-likeness (QED) is 0.442. The van der Waals surface area contributed by atoms with E-state index in [1.807, 2.05) is 0 Å². The molecule has 2 aromatic rings. The van der Waals surface area contributed by atoms with Crippen LogP contribution in [0.4, 0.5) is 5.69 Å². The molecule has 2 amide bonds. The van der Waals surface area contributed by atoms with E-state index in [-0.39, 0.29) is 12.2 Å².